The van der Waals surface area contributed by atoms with Crippen LogP contribution in [0.2, 0.25) is 5.02 Å². The van der Waals surface area contributed by atoms with Gasteiger partial charge >= 0.3 is 0 Å². The van der Waals surface area contributed by atoms with Crippen molar-refractivity contribution < 1.29 is 9.47 Å². The van der Waals surface area contributed by atoms with E-state index in [0.717, 1.165) is 5.69 Å². The lowest BCUT2D eigenvalue weighted by Crippen LogP contribution is -2.30. The molecule has 1 aromatic carbocycles. The Balaban J connectivity index is 1.79. The molecular formula is C17H14ClN3O3S. The van der Waals surface area contributed by atoms with E-state index >= 15 is 0 Å². The van der Waals surface area contributed by atoms with Gasteiger partial charge in [0.1, 0.15) is 4.83 Å². The molecule has 0 amide bonds. The van der Waals surface area contributed by atoms with Gasteiger partial charge in [-0.15, -0.1) is 0 Å². The lowest BCUT2D eigenvalue weighted by Gasteiger charge is -2.25. The molecule has 6 nitrogen and oxygen atoms in total. The highest BCUT2D eigenvalue weighted by atomic mass is 35.5. The molecule has 3 aromatic rings. The number of benzene rings is 1. The van der Waals surface area contributed by atoms with Crippen LogP contribution in [0.3, 0.4) is 0 Å². The van der Waals surface area contributed by atoms with Gasteiger partial charge in [-0.1, -0.05) is 22.9 Å². The van der Waals surface area contributed by atoms with Crippen LogP contribution in [0.4, 0.5) is 10.8 Å². The van der Waals surface area contributed by atoms with E-state index < -0.39 is 0 Å². The minimum atomic E-state index is -0.376. The van der Waals surface area contributed by atoms with Crippen LogP contribution in [0.5, 0.6) is 0 Å². The molecule has 0 radical (unpaired) electrons. The number of nitrogens with zero attached hydrogens (tertiary/aromatic N) is 3. The Kier molecular flexibility index (Phi) is 4.63. The van der Waals surface area contributed by atoms with Gasteiger partial charge in [0.25, 0.3) is 5.56 Å². The number of fused-ring (bicyclic) bond motifs is 1. The molecule has 25 heavy (non-hydrogen) atoms. The fourth-order valence-corrected chi connectivity index (χ4v) is 3.68. The minimum Gasteiger partial charge on any atom is -0.348 e. The van der Waals surface area contributed by atoms with Gasteiger partial charge in [0, 0.05) is 16.9 Å². The van der Waals surface area contributed by atoms with Crippen molar-refractivity contribution in [2.75, 3.05) is 24.7 Å². The predicted octanol–water partition coefficient (Wildman–Crippen LogP) is 3.22. The molecule has 0 aliphatic carbocycles. The quantitative estimate of drug-likeness (QED) is 0.697. The van der Waals surface area contributed by atoms with E-state index in [1.165, 1.54) is 11.3 Å². The van der Waals surface area contributed by atoms with Crippen LogP contribution in [-0.2, 0) is 9.47 Å². The molecule has 0 atom stereocenters. The van der Waals surface area contributed by atoms with Crippen LogP contribution in [0.15, 0.2) is 47.4 Å². The fraction of sp³-hybridized carbons (Fsp3) is 0.235. The van der Waals surface area contributed by atoms with Gasteiger partial charge in [0.2, 0.25) is 0 Å². The molecule has 0 unspecified atom stereocenters. The monoisotopic (exact) mass is 375 g/mol. The van der Waals surface area contributed by atoms with Crippen molar-refractivity contribution in [2.24, 2.45) is 0 Å². The van der Waals surface area contributed by atoms with E-state index in [0.29, 0.717) is 40.1 Å². The molecule has 0 bridgehead atoms. The molecule has 1 aliphatic heterocycles. The zero-order valence-electron chi connectivity index (χ0n) is 13.1. The number of hydrogen-bond acceptors (Lipinski definition) is 7. The third-order valence-corrected chi connectivity index (χ3v) is 5.04. The summed E-state index contributed by atoms with van der Waals surface area (Å²) >= 11 is 7.35. The van der Waals surface area contributed by atoms with Crippen molar-refractivity contribution in [3.05, 3.63) is 58.0 Å². The number of anilines is 2. The Morgan fingerprint density at radius 1 is 1.20 bits per heavy atom. The molecule has 2 aromatic heterocycles. The first-order chi connectivity index (χ1) is 12.2. The molecule has 4 rings (SSSR count). The molecule has 8 heteroatoms. The third-order valence-electron chi connectivity index (χ3n) is 3.78. The summed E-state index contributed by atoms with van der Waals surface area (Å²) in [6.07, 6.45) is 1.29. The van der Waals surface area contributed by atoms with Gasteiger partial charge in [0.05, 0.1) is 25.1 Å². The van der Waals surface area contributed by atoms with Gasteiger partial charge < -0.3 is 14.4 Å². The van der Waals surface area contributed by atoms with E-state index in [2.05, 4.69) is 9.97 Å². The molecular weight excluding hydrogens is 362 g/mol. The molecule has 0 saturated carbocycles. The summed E-state index contributed by atoms with van der Waals surface area (Å²) in [7, 11) is 0. The zero-order valence-corrected chi connectivity index (χ0v) is 14.7. The molecule has 0 N–H and O–H groups in total. The van der Waals surface area contributed by atoms with Crippen LogP contribution >= 0.6 is 22.9 Å². The number of halogens is 1. The molecule has 1 aliphatic rings. The SMILES string of the molecule is O=c1nc(N(CC2OCCO2)c2ccc(Cl)cc2)sc2ncccc12. The maximum atomic E-state index is 12.4. The first kappa shape index (κ1) is 16.4. The second kappa shape index (κ2) is 7.05. The maximum Gasteiger partial charge on any atom is 0.282 e. The van der Waals surface area contributed by atoms with Gasteiger partial charge in [-0.3, -0.25) is 4.79 Å². The number of ether oxygens (including phenoxy) is 2. The first-order valence-electron chi connectivity index (χ1n) is 7.73. The third kappa shape index (κ3) is 3.50. The van der Waals surface area contributed by atoms with Crippen molar-refractivity contribution in [1.29, 1.82) is 0 Å². The average Bonchev–Trinajstić information content (AvgIpc) is 3.14. The maximum absolute atomic E-state index is 12.4. The van der Waals surface area contributed by atoms with Gasteiger partial charge in [-0.05, 0) is 36.4 Å². The van der Waals surface area contributed by atoms with Crippen molar-refractivity contribution >= 4 is 44.0 Å². The first-order valence-corrected chi connectivity index (χ1v) is 8.92. The van der Waals surface area contributed by atoms with Crippen LogP contribution in [-0.4, -0.2) is 36.0 Å². The number of rotatable bonds is 4. The van der Waals surface area contributed by atoms with E-state index in [1.54, 1.807) is 30.5 Å². The Labute approximate surface area is 152 Å². The van der Waals surface area contributed by atoms with Crippen molar-refractivity contribution in [2.45, 2.75) is 6.29 Å². The van der Waals surface area contributed by atoms with Crippen LogP contribution in [0.25, 0.3) is 10.2 Å². The summed E-state index contributed by atoms with van der Waals surface area (Å²) < 4.78 is 11.1. The molecule has 1 saturated heterocycles. The summed E-state index contributed by atoms with van der Waals surface area (Å²) in [5, 5.41) is 1.69. The van der Waals surface area contributed by atoms with Gasteiger partial charge in [-0.2, -0.15) is 4.98 Å². The zero-order chi connectivity index (χ0) is 17.2. The summed E-state index contributed by atoms with van der Waals surface area (Å²) in [5.74, 6) is 0. The standard InChI is InChI=1S/C17H14ClN3O3S/c18-11-3-5-12(6-4-11)21(10-14-23-8-9-24-14)17-20-15(22)13-2-1-7-19-16(13)25-17/h1-7,14H,8-10H2. The van der Waals surface area contributed by atoms with Crippen LogP contribution < -0.4 is 10.5 Å². The summed E-state index contributed by atoms with van der Waals surface area (Å²) in [4.78, 5) is 23.5. The second-order valence-corrected chi connectivity index (χ2v) is 6.81. The highest BCUT2D eigenvalue weighted by molar-refractivity contribution is 7.21. The number of hydrogen-bond donors (Lipinski definition) is 0. The van der Waals surface area contributed by atoms with E-state index in [4.69, 9.17) is 21.1 Å². The van der Waals surface area contributed by atoms with Crippen molar-refractivity contribution in [3.63, 3.8) is 0 Å². The topological polar surface area (TPSA) is 64.6 Å². The fourth-order valence-electron chi connectivity index (χ4n) is 2.58. The largest absolute Gasteiger partial charge is 0.348 e. The van der Waals surface area contributed by atoms with Crippen molar-refractivity contribution in [1.82, 2.24) is 9.97 Å². The number of aromatic nitrogens is 2. The van der Waals surface area contributed by atoms with Crippen LogP contribution in [0.1, 0.15) is 0 Å². The normalized spacial score (nSPS) is 14.9. The Bertz CT molecular complexity index is 942. The highest BCUT2D eigenvalue weighted by Crippen LogP contribution is 2.30. The summed E-state index contributed by atoms with van der Waals surface area (Å²) in [5.41, 5.74) is 0.547. The minimum absolute atomic E-state index is 0.302. The number of pyridine rings is 1. The molecule has 1 fully saturated rings. The van der Waals surface area contributed by atoms with E-state index in [9.17, 15) is 4.79 Å². The van der Waals surface area contributed by atoms with Crippen LogP contribution in [0, 0.1) is 0 Å². The van der Waals surface area contributed by atoms with E-state index in [-0.39, 0.29) is 11.8 Å². The van der Waals surface area contributed by atoms with Crippen molar-refractivity contribution in [3.8, 4) is 0 Å². The predicted molar refractivity (Wildman–Crippen MR) is 97.8 cm³/mol. The summed E-state index contributed by atoms with van der Waals surface area (Å²) in [6, 6.07) is 10.8. The molecule has 0 spiro atoms. The lowest BCUT2D eigenvalue weighted by molar-refractivity contribution is -0.0329. The molecule has 128 valence electrons. The molecule has 3 heterocycles. The lowest BCUT2D eigenvalue weighted by atomic mass is 10.3. The Hall–Kier alpha value is -2.06. The average molecular weight is 376 g/mol. The second-order valence-electron chi connectivity index (χ2n) is 5.42. The highest BCUT2D eigenvalue weighted by Gasteiger charge is 2.23. The Morgan fingerprint density at radius 3 is 2.72 bits per heavy atom. The summed E-state index contributed by atoms with van der Waals surface area (Å²) in [6.45, 7) is 1.53. The van der Waals surface area contributed by atoms with E-state index in [1.807, 2.05) is 17.0 Å². The smallest absolute Gasteiger partial charge is 0.282 e. The van der Waals surface area contributed by atoms with Gasteiger partial charge in [-0.25, -0.2) is 4.98 Å². The van der Waals surface area contributed by atoms with Gasteiger partial charge in [0.15, 0.2) is 11.4 Å². The Morgan fingerprint density at radius 2 is 1.96 bits per heavy atom.